The number of carboxylic acid groups (broad SMARTS) is 1. The predicted molar refractivity (Wildman–Crippen MR) is 107 cm³/mol. The lowest BCUT2D eigenvalue weighted by molar-refractivity contribution is 0.108. The first kappa shape index (κ1) is 20.2. The van der Waals surface area contributed by atoms with Crippen LogP contribution in [0.2, 0.25) is 0 Å². The van der Waals surface area contributed by atoms with Crippen molar-refractivity contribution in [1.29, 1.82) is 0 Å². The lowest BCUT2D eigenvalue weighted by atomic mass is 10.0. The van der Waals surface area contributed by atoms with Crippen LogP contribution in [0.1, 0.15) is 44.7 Å². The molecule has 1 aromatic carbocycles. The topological polar surface area (TPSA) is 115 Å². The van der Waals surface area contributed by atoms with Gasteiger partial charge in [0.2, 0.25) is 0 Å². The van der Waals surface area contributed by atoms with Crippen molar-refractivity contribution in [2.24, 2.45) is 0 Å². The lowest BCUT2D eigenvalue weighted by Gasteiger charge is -2.30. The van der Waals surface area contributed by atoms with Crippen molar-refractivity contribution in [3.8, 4) is 0 Å². The van der Waals surface area contributed by atoms with Crippen LogP contribution >= 0.6 is 0 Å². The van der Waals surface area contributed by atoms with Gasteiger partial charge in [-0.1, -0.05) is 0 Å². The summed E-state index contributed by atoms with van der Waals surface area (Å²) in [6, 6.07) is 8.41. The summed E-state index contributed by atoms with van der Waals surface area (Å²) in [6.07, 6.45) is 2.82. The van der Waals surface area contributed by atoms with Crippen molar-refractivity contribution >= 4 is 27.4 Å². The highest BCUT2D eigenvalue weighted by Gasteiger charge is 2.34. The summed E-state index contributed by atoms with van der Waals surface area (Å²) in [5.74, 6) is 0.880. The highest BCUT2D eigenvalue weighted by atomic mass is 32.2. The number of H-pyrrole nitrogens is 1. The molecule has 2 aromatic rings. The molecule has 1 unspecified atom stereocenters. The number of nitrogens with one attached hydrogen (secondary N) is 2. The Hall–Kier alpha value is -2.55. The van der Waals surface area contributed by atoms with E-state index in [9.17, 15) is 18.3 Å². The van der Waals surface area contributed by atoms with Crippen molar-refractivity contribution in [3.05, 3.63) is 36.0 Å². The Bertz CT molecular complexity index is 937. The van der Waals surface area contributed by atoms with E-state index in [0.29, 0.717) is 5.82 Å². The number of hydrogen-bond acceptors (Lipinski definition) is 5. The van der Waals surface area contributed by atoms with E-state index in [4.69, 9.17) is 0 Å². The predicted octanol–water partition coefficient (Wildman–Crippen LogP) is 3.58. The number of sulfone groups is 1. The van der Waals surface area contributed by atoms with E-state index in [1.165, 1.54) is 6.26 Å². The number of nitrogens with zero attached hydrogens (tertiary/aromatic N) is 2. The van der Waals surface area contributed by atoms with Gasteiger partial charge in [-0.25, -0.2) is 13.2 Å². The first-order chi connectivity index (χ1) is 13.1. The molecule has 1 amide bonds. The van der Waals surface area contributed by atoms with Crippen molar-refractivity contribution < 1.29 is 18.3 Å². The van der Waals surface area contributed by atoms with Crippen LogP contribution < -0.4 is 5.32 Å². The monoisotopic (exact) mass is 406 g/mol. The minimum atomic E-state index is -3.22. The van der Waals surface area contributed by atoms with Crippen LogP contribution in [0.5, 0.6) is 0 Å². The molecule has 8 nitrogen and oxygen atoms in total. The summed E-state index contributed by atoms with van der Waals surface area (Å²) < 4.78 is 23.1. The number of carbonyl (C=O) groups is 1. The summed E-state index contributed by atoms with van der Waals surface area (Å²) in [5.41, 5.74) is 1.72. The van der Waals surface area contributed by atoms with Gasteiger partial charge in [0.05, 0.1) is 4.90 Å². The van der Waals surface area contributed by atoms with Gasteiger partial charge in [0.15, 0.2) is 15.7 Å². The fourth-order valence-corrected chi connectivity index (χ4v) is 4.47. The molecule has 1 aliphatic carbocycles. The van der Waals surface area contributed by atoms with Crippen molar-refractivity contribution in [3.63, 3.8) is 0 Å². The Labute approximate surface area is 164 Å². The number of hydrogen-bond donors (Lipinski definition) is 3. The van der Waals surface area contributed by atoms with Gasteiger partial charge in [-0.3, -0.25) is 5.10 Å². The first-order valence-corrected chi connectivity index (χ1v) is 11.2. The molecule has 1 aromatic heterocycles. The number of aromatic amines is 1. The third-order valence-electron chi connectivity index (χ3n) is 5.17. The smallest absolute Gasteiger partial charge is 0.407 e. The zero-order chi connectivity index (χ0) is 20.5. The maximum atomic E-state index is 11.5. The van der Waals surface area contributed by atoms with Crippen LogP contribution in [0, 0.1) is 0 Å². The van der Waals surface area contributed by atoms with E-state index < -0.39 is 15.9 Å². The van der Waals surface area contributed by atoms with Crippen LogP contribution in [0.3, 0.4) is 0 Å². The fraction of sp³-hybridized carbons (Fsp3) is 0.474. The third-order valence-corrected chi connectivity index (χ3v) is 6.30. The van der Waals surface area contributed by atoms with Gasteiger partial charge >= 0.3 is 6.09 Å². The molecule has 152 valence electrons. The molecule has 28 heavy (non-hydrogen) atoms. The van der Waals surface area contributed by atoms with Crippen molar-refractivity contribution in [1.82, 2.24) is 15.1 Å². The zero-order valence-corrected chi connectivity index (χ0v) is 17.0. The van der Waals surface area contributed by atoms with Gasteiger partial charge < -0.3 is 15.3 Å². The summed E-state index contributed by atoms with van der Waals surface area (Å²) in [6.45, 7) is 3.80. The average Bonchev–Trinajstić information content (AvgIpc) is 3.23. The molecule has 3 rings (SSSR count). The van der Waals surface area contributed by atoms with Crippen LogP contribution in [0.15, 0.2) is 35.2 Å². The SMILES string of the molecule is CC(C)N(C(=O)O)C1CC[C@H](c2cc(Nc3ccc(S(C)(=O)=O)cc3)n[nH]2)C1. The van der Waals surface area contributed by atoms with E-state index in [2.05, 4.69) is 15.5 Å². The van der Waals surface area contributed by atoms with E-state index in [-0.39, 0.29) is 22.9 Å². The third kappa shape index (κ3) is 4.46. The van der Waals surface area contributed by atoms with Gasteiger partial charge in [-0.05, 0) is 57.4 Å². The fourth-order valence-electron chi connectivity index (χ4n) is 3.83. The number of rotatable bonds is 6. The van der Waals surface area contributed by atoms with Gasteiger partial charge in [0.1, 0.15) is 0 Å². The van der Waals surface area contributed by atoms with E-state index in [1.54, 1.807) is 29.2 Å². The molecule has 3 N–H and O–H groups in total. The van der Waals surface area contributed by atoms with Crippen LogP contribution in [0.4, 0.5) is 16.3 Å². The highest BCUT2D eigenvalue weighted by molar-refractivity contribution is 7.90. The van der Waals surface area contributed by atoms with Crippen molar-refractivity contribution in [2.75, 3.05) is 11.6 Å². The number of anilines is 2. The molecule has 0 aliphatic heterocycles. The van der Waals surface area contributed by atoms with Crippen LogP contribution in [0.25, 0.3) is 0 Å². The number of aromatic nitrogens is 2. The molecule has 0 saturated heterocycles. The van der Waals surface area contributed by atoms with E-state index in [1.807, 2.05) is 19.9 Å². The highest BCUT2D eigenvalue weighted by Crippen LogP contribution is 2.37. The second-order valence-corrected chi connectivity index (χ2v) is 9.59. The molecule has 1 saturated carbocycles. The van der Waals surface area contributed by atoms with E-state index >= 15 is 0 Å². The standard InChI is InChI=1S/C19H26N4O4S/c1-12(2)23(19(24)25)15-7-4-13(10-15)17-11-18(22-21-17)20-14-5-8-16(9-6-14)28(3,26)27/h5-6,8-9,11-13,15H,4,7,10H2,1-3H3,(H,24,25)(H2,20,21,22)/t13-,15?/m0/s1. The molecule has 2 atom stereocenters. The van der Waals surface area contributed by atoms with Crippen LogP contribution in [-0.4, -0.2) is 53.1 Å². The molecule has 1 heterocycles. The van der Waals surface area contributed by atoms with Gasteiger partial charge in [0.25, 0.3) is 0 Å². The van der Waals surface area contributed by atoms with Gasteiger partial charge in [-0.15, -0.1) is 0 Å². The Morgan fingerprint density at radius 2 is 1.96 bits per heavy atom. The van der Waals surface area contributed by atoms with Gasteiger partial charge in [-0.2, -0.15) is 5.10 Å². The summed E-state index contributed by atoms with van der Waals surface area (Å²) >= 11 is 0. The second-order valence-electron chi connectivity index (χ2n) is 7.58. The summed E-state index contributed by atoms with van der Waals surface area (Å²) in [4.78, 5) is 13.3. The van der Waals surface area contributed by atoms with Crippen molar-refractivity contribution in [2.45, 2.75) is 56.0 Å². The Morgan fingerprint density at radius 1 is 1.29 bits per heavy atom. The molecular formula is C19H26N4O4S. The number of benzene rings is 1. The first-order valence-electron chi connectivity index (χ1n) is 9.29. The minimum Gasteiger partial charge on any atom is -0.465 e. The number of amides is 1. The molecule has 9 heteroatoms. The lowest BCUT2D eigenvalue weighted by Crippen LogP contribution is -2.42. The molecule has 0 spiro atoms. The van der Waals surface area contributed by atoms with E-state index in [0.717, 1.165) is 30.6 Å². The molecule has 0 bridgehead atoms. The average molecular weight is 407 g/mol. The summed E-state index contributed by atoms with van der Waals surface area (Å²) in [5, 5.41) is 19.9. The zero-order valence-electron chi connectivity index (χ0n) is 16.2. The Balaban J connectivity index is 1.65. The maximum Gasteiger partial charge on any atom is 0.407 e. The normalized spacial score (nSPS) is 19.7. The second kappa shape index (κ2) is 7.83. The summed E-state index contributed by atoms with van der Waals surface area (Å²) in [7, 11) is -3.22. The molecule has 0 radical (unpaired) electrons. The maximum absolute atomic E-state index is 11.5. The largest absolute Gasteiger partial charge is 0.465 e. The molecule has 1 fully saturated rings. The Morgan fingerprint density at radius 3 is 2.54 bits per heavy atom. The quantitative estimate of drug-likeness (QED) is 0.675. The minimum absolute atomic E-state index is 0.0192. The van der Waals surface area contributed by atoms with Gasteiger partial charge in [0, 0.05) is 41.7 Å². The van der Waals surface area contributed by atoms with Crippen LogP contribution in [-0.2, 0) is 9.84 Å². The molecular weight excluding hydrogens is 380 g/mol. The molecule has 1 aliphatic rings. The Kier molecular flexibility index (Phi) is 5.64.